The second kappa shape index (κ2) is 3.43. The van der Waals surface area contributed by atoms with Crippen molar-refractivity contribution in [3.8, 4) is 0 Å². The van der Waals surface area contributed by atoms with Gasteiger partial charge in [0.1, 0.15) is 5.76 Å². The first-order chi connectivity index (χ1) is 7.91. The van der Waals surface area contributed by atoms with E-state index in [9.17, 15) is 21.6 Å². The summed E-state index contributed by atoms with van der Waals surface area (Å²) in [6, 6.07) is 0. The van der Waals surface area contributed by atoms with Crippen molar-refractivity contribution in [3.63, 3.8) is 0 Å². The smallest absolute Gasteiger partial charge is 0.381 e. The third-order valence-electron chi connectivity index (χ3n) is 4.59. The Morgan fingerprint density at radius 2 is 1.89 bits per heavy atom. The first-order valence-electron chi connectivity index (χ1n) is 5.64. The van der Waals surface area contributed by atoms with Crippen LogP contribution in [0.15, 0.2) is 11.8 Å². The minimum Gasteiger partial charge on any atom is -0.381 e. The van der Waals surface area contributed by atoms with Crippen LogP contribution >= 0.6 is 0 Å². The van der Waals surface area contributed by atoms with Crippen LogP contribution in [0.4, 0.5) is 13.2 Å². The van der Waals surface area contributed by atoms with Crippen molar-refractivity contribution in [2.45, 2.75) is 39.1 Å². The molecule has 18 heavy (non-hydrogen) atoms. The summed E-state index contributed by atoms with van der Waals surface area (Å²) in [5.41, 5.74) is -5.95. The Kier molecular flexibility index (Phi) is 2.61. The molecular formula is C11H15F3O3S. The van der Waals surface area contributed by atoms with E-state index in [0.717, 1.165) is 6.42 Å². The molecule has 3 nitrogen and oxygen atoms in total. The molecule has 0 aliphatic heterocycles. The van der Waals surface area contributed by atoms with Gasteiger partial charge in [-0.2, -0.15) is 21.6 Å². The first kappa shape index (κ1) is 13.7. The molecule has 2 unspecified atom stereocenters. The second-order valence-corrected chi connectivity index (χ2v) is 7.30. The normalized spacial score (nSPS) is 34.6. The quantitative estimate of drug-likeness (QED) is 0.577. The summed E-state index contributed by atoms with van der Waals surface area (Å²) in [4.78, 5) is 0. The SMILES string of the molecule is CC12C=C(OS(=O)(=O)C(F)(F)F)C(CC1)C2(C)C. The van der Waals surface area contributed by atoms with Gasteiger partial charge in [0.2, 0.25) is 0 Å². The molecule has 2 atom stereocenters. The Morgan fingerprint density at radius 1 is 1.33 bits per heavy atom. The molecule has 0 aromatic rings. The van der Waals surface area contributed by atoms with E-state index in [1.807, 2.05) is 20.8 Å². The van der Waals surface area contributed by atoms with Gasteiger partial charge in [-0.3, -0.25) is 0 Å². The molecule has 0 N–H and O–H groups in total. The Bertz CT molecular complexity index is 504. The van der Waals surface area contributed by atoms with Crippen molar-refractivity contribution in [1.29, 1.82) is 0 Å². The van der Waals surface area contributed by atoms with E-state index in [4.69, 9.17) is 0 Å². The van der Waals surface area contributed by atoms with Crippen LogP contribution in [-0.4, -0.2) is 13.9 Å². The molecule has 0 radical (unpaired) electrons. The third kappa shape index (κ3) is 1.66. The van der Waals surface area contributed by atoms with Crippen LogP contribution in [0.1, 0.15) is 33.6 Å². The number of rotatable bonds is 2. The fraction of sp³-hybridized carbons (Fsp3) is 0.818. The fourth-order valence-corrected chi connectivity index (χ4v) is 3.46. The fourth-order valence-electron chi connectivity index (χ4n) is 2.95. The molecule has 0 aromatic carbocycles. The molecule has 0 aromatic heterocycles. The zero-order valence-electron chi connectivity index (χ0n) is 10.3. The zero-order chi connectivity index (χ0) is 14.0. The maximum Gasteiger partial charge on any atom is 0.534 e. The maximum absolute atomic E-state index is 12.3. The summed E-state index contributed by atoms with van der Waals surface area (Å²) >= 11 is 0. The number of alkyl halides is 3. The number of allylic oxidation sites excluding steroid dienone is 2. The van der Waals surface area contributed by atoms with Crippen LogP contribution in [0.2, 0.25) is 0 Å². The van der Waals surface area contributed by atoms with Crippen LogP contribution in [0.3, 0.4) is 0 Å². The van der Waals surface area contributed by atoms with Crippen molar-refractivity contribution >= 4 is 10.1 Å². The van der Waals surface area contributed by atoms with E-state index in [1.54, 1.807) is 6.08 Å². The van der Waals surface area contributed by atoms with Crippen LogP contribution in [-0.2, 0) is 14.3 Å². The minimum absolute atomic E-state index is 0.0499. The molecular weight excluding hydrogens is 269 g/mol. The van der Waals surface area contributed by atoms with Gasteiger partial charge in [0.25, 0.3) is 0 Å². The summed E-state index contributed by atoms with van der Waals surface area (Å²) in [5, 5.41) is 0. The summed E-state index contributed by atoms with van der Waals surface area (Å²) in [7, 11) is -5.55. The number of halogens is 3. The molecule has 2 aliphatic carbocycles. The summed E-state index contributed by atoms with van der Waals surface area (Å²) in [6.45, 7) is 5.78. The largest absolute Gasteiger partial charge is 0.534 e. The summed E-state index contributed by atoms with van der Waals surface area (Å²) < 4.78 is 63.2. The lowest BCUT2D eigenvalue weighted by atomic mass is 9.70. The number of hydrogen-bond acceptors (Lipinski definition) is 3. The lowest BCUT2D eigenvalue weighted by Crippen LogP contribution is -2.29. The third-order valence-corrected chi connectivity index (χ3v) is 5.57. The van der Waals surface area contributed by atoms with Gasteiger partial charge in [-0.25, -0.2) is 0 Å². The van der Waals surface area contributed by atoms with Crippen LogP contribution in [0.25, 0.3) is 0 Å². The predicted molar refractivity (Wildman–Crippen MR) is 58.8 cm³/mol. The lowest BCUT2D eigenvalue weighted by Gasteiger charge is -2.33. The van der Waals surface area contributed by atoms with E-state index in [0.29, 0.717) is 6.42 Å². The van der Waals surface area contributed by atoms with Crippen molar-refractivity contribution in [3.05, 3.63) is 11.8 Å². The Labute approximate surface area is 104 Å². The molecule has 0 heterocycles. The highest BCUT2D eigenvalue weighted by Gasteiger charge is 2.59. The van der Waals surface area contributed by atoms with Crippen molar-refractivity contribution in [2.24, 2.45) is 16.7 Å². The van der Waals surface area contributed by atoms with Crippen molar-refractivity contribution < 1.29 is 25.8 Å². The van der Waals surface area contributed by atoms with Gasteiger partial charge >= 0.3 is 15.6 Å². The van der Waals surface area contributed by atoms with Gasteiger partial charge in [-0.1, -0.05) is 20.8 Å². The molecule has 0 amide bonds. The molecule has 2 bridgehead atoms. The molecule has 7 heteroatoms. The topological polar surface area (TPSA) is 43.4 Å². The highest BCUT2D eigenvalue weighted by molar-refractivity contribution is 7.87. The molecule has 1 fully saturated rings. The van der Waals surface area contributed by atoms with Gasteiger partial charge in [-0.15, -0.1) is 0 Å². The number of hydrogen-bond donors (Lipinski definition) is 0. The molecule has 1 saturated carbocycles. The lowest BCUT2D eigenvalue weighted by molar-refractivity contribution is -0.0528. The predicted octanol–water partition coefficient (Wildman–Crippen LogP) is 3.19. The van der Waals surface area contributed by atoms with Gasteiger partial charge < -0.3 is 4.18 Å². The van der Waals surface area contributed by atoms with E-state index < -0.39 is 15.6 Å². The van der Waals surface area contributed by atoms with Gasteiger partial charge in [0, 0.05) is 5.92 Å². The number of fused-ring (bicyclic) bond motifs is 2. The molecule has 2 aliphatic rings. The molecule has 104 valence electrons. The monoisotopic (exact) mass is 284 g/mol. The van der Waals surface area contributed by atoms with E-state index >= 15 is 0 Å². The molecule has 2 rings (SSSR count). The van der Waals surface area contributed by atoms with E-state index in [1.165, 1.54) is 0 Å². The second-order valence-electron chi connectivity index (χ2n) is 5.76. The summed E-state index contributed by atoms with van der Waals surface area (Å²) in [6.07, 6.45) is 3.04. The zero-order valence-corrected chi connectivity index (χ0v) is 11.2. The summed E-state index contributed by atoms with van der Waals surface area (Å²) in [5.74, 6) is -0.314. The Morgan fingerprint density at radius 3 is 2.22 bits per heavy atom. The molecule has 0 saturated heterocycles. The van der Waals surface area contributed by atoms with E-state index in [-0.39, 0.29) is 22.5 Å². The first-order valence-corrected chi connectivity index (χ1v) is 7.05. The average molecular weight is 284 g/mol. The van der Waals surface area contributed by atoms with Crippen molar-refractivity contribution in [2.75, 3.05) is 0 Å². The average Bonchev–Trinajstić information content (AvgIpc) is 2.44. The minimum atomic E-state index is -5.55. The standard InChI is InChI=1S/C11H15F3O3S/c1-9(2)7-4-5-10(9,3)6-8(7)17-18(15,16)11(12,13)14/h6-7H,4-5H2,1-3H3. The van der Waals surface area contributed by atoms with Gasteiger partial charge in [-0.05, 0) is 29.7 Å². The highest BCUT2D eigenvalue weighted by atomic mass is 32.2. The maximum atomic E-state index is 12.3. The van der Waals surface area contributed by atoms with Crippen LogP contribution in [0, 0.1) is 16.7 Å². The van der Waals surface area contributed by atoms with Crippen LogP contribution in [0.5, 0.6) is 0 Å². The van der Waals surface area contributed by atoms with Crippen LogP contribution < -0.4 is 0 Å². The van der Waals surface area contributed by atoms with Gasteiger partial charge in [0.15, 0.2) is 0 Å². The van der Waals surface area contributed by atoms with Gasteiger partial charge in [0.05, 0.1) is 0 Å². The van der Waals surface area contributed by atoms with Crippen molar-refractivity contribution in [1.82, 2.24) is 0 Å². The highest BCUT2D eigenvalue weighted by Crippen LogP contribution is 2.64. The Hall–Kier alpha value is -0.720. The molecule has 0 spiro atoms. The van der Waals surface area contributed by atoms with E-state index in [2.05, 4.69) is 4.18 Å². The Balaban J connectivity index is 2.31.